The largest absolute Gasteiger partial charge is 0.389 e. The van der Waals surface area contributed by atoms with E-state index >= 15 is 0 Å². The third kappa shape index (κ3) is 5.32. The van der Waals surface area contributed by atoms with Crippen LogP contribution in [0.25, 0.3) is 10.9 Å². The minimum Gasteiger partial charge on any atom is -0.386 e. The van der Waals surface area contributed by atoms with Crippen LogP contribution in [0.4, 0.5) is 18.9 Å². The number of carbonyl (C=O) groups excluding carboxylic acids is 1. The molecule has 0 atom stereocenters. The van der Waals surface area contributed by atoms with Gasteiger partial charge in [0.15, 0.2) is 0 Å². The second-order valence-electron chi connectivity index (χ2n) is 7.30. The lowest BCUT2D eigenvalue weighted by molar-refractivity contribution is -0.136. The Labute approximate surface area is 165 Å². The van der Waals surface area contributed by atoms with E-state index in [2.05, 4.69) is 15.4 Å². The number of benzene rings is 1. The molecule has 154 valence electrons. The first-order valence-corrected chi connectivity index (χ1v) is 9.06. The van der Waals surface area contributed by atoms with E-state index < -0.39 is 24.1 Å². The number of fused-ring (bicyclic) bond motifs is 1. The molecule has 0 aliphatic rings. The Morgan fingerprint density at radius 1 is 1.24 bits per heavy atom. The second-order valence-corrected chi connectivity index (χ2v) is 7.30. The maximum absolute atomic E-state index is 12.5. The fraction of sp³-hybridized carbons (Fsp3) is 0.350. The van der Waals surface area contributed by atoms with Crippen molar-refractivity contribution in [1.82, 2.24) is 14.8 Å². The number of aryl methyl sites for hydroxylation is 1. The molecule has 0 fully saturated rings. The molecule has 0 saturated carbocycles. The van der Waals surface area contributed by atoms with E-state index in [4.69, 9.17) is 0 Å². The maximum Gasteiger partial charge on any atom is 0.389 e. The van der Waals surface area contributed by atoms with E-state index in [1.165, 1.54) is 10.9 Å². The minimum absolute atomic E-state index is 0.0842. The average Bonchev–Trinajstić information content (AvgIpc) is 3.01. The van der Waals surface area contributed by atoms with Gasteiger partial charge in [-0.3, -0.25) is 14.5 Å². The molecule has 2 heterocycles. The lowest BCUT2D eigenvalue weighted by atomic mass is 9.95. The van der Waals surface area contributed by atoms with Crippen LogP contribution in [0.15, 0.2) is 42.7 Å². The zero-order valence-corrected chi connectivity index (χ0v) is 16.0. The molecule has 0 saturated heterocycles. The number of rotatable bonds is 6. The summed E-state index contributed by atoms with van der Waals surface area (Å²) in [6.45, 7) is 3.26. The summed E-state index contributed by atoms with van der Waals surface area (Å²) in [6.07, 6.45) is -2.05. The number of alkyl halides is 3. The summed E-state index contributed by atoms with van der Waals surface area (Å²) < 4.78 is 38.5. The van der Waals surface area contributed by atoms with Crippen LogP contribution in [0.2, 0.25) is 0 Å². The van der Waals surface area contributed by atoms with Crippen LogP contribution in [-0.2, 0) is 12.1 Å². The van der Waals surface area contributed by atoms with Gasteiger partial charge in [0.25, 0.3) is 5.91 Å². The Hall–Kier alpha value is -2.94. The normalized spacial score (nSPS) is 12.3. The Kier molecular flexibility index (Phi) is 5.61. The number of nitrogens with zero attached hydrogens (tertiary/aromatic N) is 3. The van der Waals surface area contributed by atoms with Gasteiger partial charge in [-0.2, -0.15) is 18.3 Å². The summed E-state index contributed by atoms with van der Waals surface area (Å²) in [7, 11) is 0. The molecule has 3 rings (SSSR count). The van der Waals surface area contributed by atoms with Crippen molar-refractivity contribution in [2.45, 2.75) is 45.0 Å². The van der Waals surface area contributed by atoms with Gasteiger partial charge >= 0.3 is 6.18 Å². The monoisotopic (exact) mass is 406 g/mol. The number of carbonyl (C=O) groups is 1. The van der Waals surface area contributed by atoms with Crippen LogP contribution < -0.4 is 5.32 Å². The summed E-state index contributed by atoms with van der Waals surface area (Å²) in [5, 5.41) is 18.2. The van der Waals surface area contributed by atoms with Gasteiger partial charge < -0.3 is 10.4 Å². The highest BCUT2D eigenvalue weighted by molar-refractivity contribution is 6.04. The molecule has 3 aromatic rings. The van der Waals surface area contributed by atoms with Gasteiger partial charge in [-0.1, -0.05) is 6.07 Å². The smallest absolute Gasteiger partial charge is 0.386 e. The van der Waals surface area contributed by atoms with Crippen molar-refractivity contribution in [3.63, 3.8) is 0 Å². The predicted octanol–water partition coefficient (Wildman–Crippen LogP) is 4.25. The number of nitrogens with one attached hydrogen (secondary N) is 1. The first-order chi connectivity index (χ1) is 13.5. The minimum atomic E-state index is -4.20. The Morgan fingerprint density at radius 2 is 2.00 bits per heavy atom. The first-order valence-electron chi connectivity index (χ1n) is 9.06. The molecule has 2 aromatic heterocycles. The number of aromatic nitrogens is 3. The molecule has 0 aliphatic heterocycles. The van der Waals surface area contributed by atoms with Crippen molar-refractivity contribution in [3.8, 4) is 0 Å². The molecule has 0 bridgehead atoms. The zero-order chi connectivity index (χ0) is 21.2. The molecular formula is C20H21F3N4O2. The molecule has 2 N–H and O–H groups in total. The number of halogens is 3. The topological polar surface area (TPSA) is 80.0 Å². The average molecular weight is 406 g/mol. The number of hydrogen-bond acceptors (Lipinski definition) is 4. The lowest BCUT2D eigenvalue weighted by Crippen LogP contribution is -2.21. The second kappa shape index (κ2) is 7.82. The van der Waals surface area contributed by atoms with Gasteiger partial charge in [0.05, 0.1) is 11.1 Å². The van der Waals surface area contributed by atoms with Gasteiger partial charge in [0, 0.05) is 42.0 Å². The Bertz CT molecular complexity index is 1010. The van der Waals surface area contributed by atoms with E-state index in [1.54, 1.807) is 50.4 Å². The van der Waals surface area contributed by atoms with Gasteiger partial charge in [-0.15, -0.1) is 0 Å². The van der Waals surface area contributed by atoms with E-state index in [9.17, 15) is 23.1 Å². The number of pyridine rings is 1. The number of hydrogen-bond donors (Lipinski definition) is 2. The van der Waals surface area contributed by atoms with Gasteiger partial charge in [0.2, 0.25) is 0 Å². The van der Waals surface area contributed by atoms with Crippen LogP contribution in [0.3, 0.4) is 0 Å². The first kappa shape index (κ1) is 20.8. The molecule has 1 aromatic carbocycles. The molecule has 1 amide bonds. The molecule has 6 nitrogen and oxygen atoms in total. The maximum atomic E-state index is 12.5. The van der Waals surface area contributed by atoms with Crippen LogP contribution in [0.5, 0.6) is 0 Å². The van der Waals surface area contributed by atoms with Crippen LogP contribution in [-0.4, -0.2) is 32.0 Å². The van der Waals surface area contributed by atoms with Crippen molar-refractivity contribution in [1.29, 1.82) is 0 Å². The van der Waals surface area contributed by atoms with Crippen LogP contribution >= 0.6 is 0 Å². The highest BCUT2D eigenvalue weighted by atomic mass is 19.4. The summed E-state index contributed by atoms with van der Waals surface area (Å²) in [5.74, 6) is -0.437. The zero-order valence-electron chi connectivity index (χ0n) is 16.0. The fourth-order valence-electron chi connectivity index (χ4n) is 2.97. The summed E-state index contributed by atoms with van der Waals surface area (Å²) in [6, 6.07) is 8.22. The lowest BCUT2D eigenvalue weighted by Gasteiger charge is -2.22. The van der Waals surface area contributed by atoms with E-state index in [1.807, 2.05) is 0 Å². The SMILES string of the molecule is CC(C)(O)c1cc2nn(CCCC(F)(F)F)cc2cc1NC(=O)c1ccccn1. The van der Waals surface area contributed by atoms with E-state index in [-0.39, 0.29) is 18.7 Å². The van der Waals surface area contributed by atoms with Crippen LogP contribution in [0.1, 0.15) is 42.7 Å². The number of amides is 1. The van der Waals surface area contributed by atoms with Crippen LogP contribution in [0, 0.1) is 0 Å². The fourth-order valence-corrected chi connectivity index (χ4v) is 2.97. The highest BCUT2D eigenvalue weighted by Crippen LogP contribution is 2.32. The molecular weight excluding hydrogens is 385 g/mol. The van der Waals surface area contributed by atoms with Crippen molar-refractivity contribution in [2.75, 3.05) is 5.32 Å². The molecule has 0 radical (unpaired) electrons. The Balaban J connectivity index is 1.90. The molecule has 0 unspecified atom stereocenters. The molecule has 29 heavy (non-hydrogen) atoms. The van der Waals surface area contributed by atoms with Gasteiger partial charge in [-0.05, 0) is 44.5 Å². The standard InChI is InChI=1S/C20H21F3N4O2/c1-19(2,29)14-11-16-13(12-27(26-16)9-5-7-20(21,22)23)10-17(14)25-18(28)15-6-3-4-8-24-15/h3-4,6,8,10-12,29H,5,7,9H2,1-2H3,(H,25,28). The third-order valence-electron chi connectivity index (χ3n) is 4.34. The predicted molar refractivity (Wildman–Crippen MR) is 102 cm³/mol. The third-order valence-corrected chi connectivity index (χ3v) is 4.34. The number of anilines is 1. The number of aliphatic hydroxyl groups is 1. The van der Waals surface area contributed by atoms with E-state index in [0.717, 1.165) is 0 Å². The summed E-state index contributed by atoms with van der Waals surface area (Å²) in [5.41, 5.74) is 0.286. The van der Waals surface area contributed by atoms with Crippen molar-refractivity contribution >= 4 is 22.5 Å². The van der Waals surface area contributed by atoms with Crippen molar-refractivity contribution in [3.05, 3.63) is 54.0 Å². The Morgan fingerprint density at radius 3 is 2.62 bits per heavy atom. The molecule has 9 heteroatoms. The summed E-state index contributed by atoms with van der Waals surface area (Å²) >= 11 is 0. The molecule has 0 spiro atoms. The van der Waals surface area contributed by atoms with Gasteiger partial charge in [-0.25, -0.2) is 0 Å². The van der Waals surface area contributed by atoms with Gasteiger partial charge in [0.1, 0.15) is 5.69 Å². The van der Waals surface area contributed by atoms with Crippen molar-refractivity contribution in [2.24, 2.45) is 0 Å². The quantitative estimate of drug-likeness (QED) is 0.641. The summed E-state index contributed by atoms with van der Waals surface area (Å²) in [4.78, 5) is 16.5. The van der Waals surface area contributed by atoms with E-state index in [0.29, 0.717) is 22.2 Å². The highest BCUT2D eigenvalue weighted by Gasteiger charge is 2.26. The molecule has 0 aliphatic carbocycles. The van der Waals surface area contributed by atoms with Crippen molar-refractivity contribution < 1.29 is 23.1 Å².